The van der Waals surface area contributed by atoms with Crippen molar-refractivity contribution < 1.29 is 23.9 Å². The average Bonchev–Trinajstić information content (AvgIpc) is 2.94. The summed E-state index contributed by atoms with van der Waals surface area (Å²) >= 11 is 12.0. The van der Waals surface area contributed by atoms with Crippen LogP contribution in [0.2, 0.25) is 10.0 Å². The molecule has 0 radical (unpaired) electrons. The van der Waals surface area contributed by atoms with Crippen LogP contribution in [-0.4, -0.2) is 41.1 Å². The van der Waals surface area contributed by atoms with Gasteiger partial charge in [-0.25, -0.2) is 4.79 Å². The molecule has 0 saturated heterocycles. The average molecular weight is 448 g/mol. The van der Waals surface area contributed by atoms with E-state index in [1.807, 2.05) is 13.8 Å². The molecular weight excluding hydrogens is 429 g/mol. The smallest absolute Gasteiger partial charge is 0.329 e. The summed E-state index contributed by atoms with van der Waals surface area (Å²) in [6, 6.07) is 9.85. The maximum Gasteiger partial charge on any atom is 0.329 e. The van der Waals surface area contributed by atoms with E-state index < -0.39 is 30.4 Å². The van der Waals surface area contributed by atoms with Crippen molar-refractivity contribution in [3.05, 3.63) is 69.2 Å². The van der Waals surface area contributed by atoms with E-state index >= 15 is 0 Å². The highest BCUT2D eigenvalue weighted by molar-refractivity contribution is 6.43. The quantitative estimate of drug-likeness (QED) is 0.356. The van der Waals surface area contributed by atoms with Crippen molar-refractivity contribution in [1.29, 1.82) is 0 Å². The predicted molar refractivity (Wildman–Crippen MR) is 112 cm³/mol. The van der Waals surface area contributed by atoms with Crippen molar-refractivity contribution in [2.24, 2.45) is 5.92 Å². The van der Waals surface area contributed by atoms with Gasteiger partial charge in [0.25, 0.3) is 11.8 Å². The van der Waals surface area contributed by atoms with Crippen LogP contribution in [0, 0.1) is 5.92 Å². The summed E-state index contributed by atoms with van der Waals surface area (Å²) < 4.78 is 5.19. The summed E-state index contributed by atoms with van der Waals surface area (Å²) in [5, 5.41) is 0.268. The molecule has 2 aromatic carbocycles. The summed E-state index contributed by atoms with van der Waals surface area (Å²) in [7, 11) is 0. The lowest BCUT2D eigenvalue weighted by atomic mass is 10.0. The third-order valence-electron chi connectivity index (χ3n) is 4.68. The molecule has 0 bridgehead atoms. The summed E-state index contributed by atoms with van der Waals surface area (Å²) in [5.74, 6) is -2.52. The zero-order valence-corrected chi connectivity index (χ0v) is 17.9. The number of amides is 2. The van der Waals surface area contributed by atoms with Crippen LogP contribution in [-0.2, 0) is 9.53 Å². The molecule has 156 valence electrons. The second-order valence-electron chi connectivity index (χ2n) is 7.33. The van der Waals surface area contributed by atoms with Gasteiger partial charge in [-0.2, -0.15) is 0 Å². The third-order valence-corrected chi connectivity index (χ3v) is 5.40. The van der Waals surface area contributed by atoms with E-state index in [2.05, 4.69) is 0 Å². The van der Waals surface area contributed by atoms with Crippen molar-refractivity contribution in [3.8, 4) is 0 Å². The molecular formula is C22H19Cl2NO5. The Kier molecular flexibility index (Phi) is 6.58. The Morgan fingerprint density at radius 1 is 0.967 bits per heavy atom. The van der Waals surface area contributed by atoms with E-state index in [9.17, 15) is 19.2 Å². The Morgan fingerprint density at radius 2 is 1.50 bits per heavy atom. The van der Waals surface area contributed by atoms with Gasteiger partial charge in [0, 0.05) is 5.56 Å². The monoisotopic (exact) mass is 447 g/mol. The normalized spacial score (nSPS) is 14.1. The van der Waals surface area contributed by atoms with Crippen LogP contribution < -0.4 is 0 Å². The van der Waals surface area contributed by atoms with Crippen molar-refractivity contribution in [2.75, 3.05) is 6.61 Å². The van der Waals surface area contributed by atoms with E-state index in [0.717, 1.165) is 4.90 Å². The first-order valence-electron chi connectivity index (χ1n) is 9.32. The highest BCUT2D eigenvalue weighted by Crippen LogP contribution is 2.33. The van der Waals surface area contributed by atoms with Crippen LogP contribution in [0.3, 0.4) is 0 Å². The Hall–Kier alpha value is -2.70. The highest BCUT2D eigenvalue weighted by Gasteiger charge is 2.44. The second kappa shape index (κ2) is 8.98. The lowest BCUT2D eigenvalue weighted by molar-refractivity contribution is -0.147. The van der Waals surface area contributed by atoms with Gasteiger partial charge in [0.15, 0.2) is 12.4 Å². The molecule has 2 aromatic rings. The molecule has 0 fully saturated rings. The number of hydrogen-bond donors (Lipinski definition) is 0. The van der Waals surface area contributed by atoms with Crippen LogP contribution >= 0.6 is 23.2 Å². The number of imide groups is 1. The standard InChI is InChI=1S/C22H19Cl2NO5/c1-12(2)8-18(22(29)30-11-19(26)13-6-4-3-5-7-13)25-20(27)14-9-16(23)17(24)10-15(14)21(25)28/h3-7,9-10,12,18H,8,11H2,1-2H3/t18-/m0/s1. The molecule has 6 nitrogen and oxygen atoms in total. The number of carbonyl (C=O) groups is 4. The van der Waals surface area contributed by atoms with E-state index in [1.165, 1.54) is 12.1 Å². The van der Waals surface area contributed by atoms with Gasteiger partial charge in [-0.3, -0.25) is 19.3 Å². The number of benzene rings is 2. The fourth-order valence-corrected chi connectivity index (χ4v) is 3.56. The SMILES string of the molecule is CC(C)C[C@@H](C(=O)OCC(=O)c1ccccc1)N1C(=O)c2cc(Cl)c(Cl)cc2C1=O. The molecule has 2 amide bonds. The molecule has 0 aliphatic carbocycles. The van der Waals surface area contributed by atoms with Crippen molar-refractivity contribution in [2.45, 2.75) is 26.3 Å². The maximum atomic E-state index is 12.9. The fourth-order valence-electron chi connectivity index (χ4n) is 3.23. The summed E-state index contributed by atoms with van der Waals surface area (Å²) in [5.41, 5.74) is 0.559. The van der Waals surface area contributed by atoms with Crippen molar-refractivity contribution >= 4 is 46.8 Å². The van der Waals surface area contributed by atoms with Crippen LogP contribution in [0.5, 0.6) is 0 Å². The summed E-state index contributed by atoms with van der Waals surface area (Å²) in [6.45, 7) is 3.21. The highest BCUT2D eigenvalue weighted by atomic mass is 35.5. The van der Waals surface area contributed by atoms with Crippen LogP contribution in [0.1, 0.15) is 51.3 Å². The molecule has 0 unspecified atom stereocenters. The summed E-state index contributed by atoms with van der Waals surface area (Å²) in [4.78, 5) is 51.7. The molecule has 1 heterocycles. The third kappa shape index (κ3) is 4.40. The number of ether oxygens (including phenoxy) is 1. The zero-order chi connectivity index (χ0) is 22.0. The number of halogens is 2. The fraction of sp³-hybridized carbons (Fsp3) is 0.273. The van der Waals surface area contributed by atoms with Gasteiger partial charge >= 0.3 is 5.97 Å². The molecule has 0 aromatic heterocycles. The van der Waals surface area contributed by atoms with Gasteiger partial charge in [0.2, 0.25) is 0 Å². The number of rotatable bonds is 7. The van der Waals surface area contributed by atoms with E-state index in [1.54, 1.807) is 30.3 Å². The molecule has 1 aliphatic rings. The van der Waals surface area contributed by atoms with Crippen molar-refractivity contribution in [1.82, 2.24) is 4.90 Å². The minimum atomic E-state index is -1.17. The number of carbonyl (C=O) groups excluding carboxylic acids is 4. The topological polar surface area (TPSA) is 80.8 Å². The molecule has 30 heavy (non-hydrogen) atoms. The lowest BCUT2D eigenvalue weighted by Gasteiger charge is -2.25. The first-order valence-corrected chi connectivity index (χ1v) is 10.1. The zero-order valence-electron chi connectivity index (χ0n) is 16.4. The van der Waals surface area contributed by atoms with Gasteiger partial charge in [0.05, 0.1) is 21.2 Å². The molecule has 1 aliphatic heterocycles. The van der Waals surface area contributed by atoms with E-state index in [4.69, 9.17) is 27.9 Å². The Labute approximate surface area is 183 Å². The van der Waals surface area contributed by atoms with Crippen LogP contribution in [0.4, 0.5) is 0 Å². The summed E-state index contributed by atoms with van der Waals surface area (Å²) in [6.07, 6.45) is 0.186. The number of fused-ring (bicyclic) bond motifs is 1. The van der Waals surface area contributed by atoms with E-state index in [0.29, 0.717) is 5.56 Å². The largest absolute Gasteiger partial charge is 0.456 e. The minimum absolute atomic E-state index is 0.0242. The van der Waals surface area contributed by atoms with Gasteiger partial charge in [-0.05, 0) is 24.5 Å². The predicted octanol–water partition coefficient (Wildman–Crippen LogP) is 4.43. The van der Waals surface area contributed by atoms with Gasteiger partial charge in [-0.15, -0.1) is 0 Å². The van der Waals surface area contributed by atoms with Gasteiger partial charge in [0.1, 0.15) is 6.04 Å². The van der Waals surface area contributed by atoms with Crippen LogP contribution in [0.25, 0.3) is 0 Å². The minimum Gasteiger partial charge on any atom is -0.456 e. The maximum absolute atomic E-state index is 12.9. The Bertz CT molecular complexity index is 979. The number of ketones is 1. The lowest BCUT2D eigenvalue weighted by Crippen LogP contribution is -2.46. The first kappa shape index (κ1) is 22.0. The molecule has 3 rings (SSSR count). The Morgan fingerprint density at radius 3 is 2.00 bits per heavy atom. The molecule has 1 atom stereocenters. The van der Waals surface area contributed by atoms with Gasteiger partial charge in [-0.1, -0.05) is 67.4 Å². The van der Waals surface area contributed by atoms with Gasteiger partial charge < -0.3 is 4.74 Å². The number of Topliss-reactive ketones (excluding diaryl/α,β-unsaturated/α-hetero) is 1. The Balaban J connectivity index is 1.82. The van der Waals surface area contributed by atoms with E-state index in [-0.39, 0.29) is 39.3 Å². The molecule has 8 heteroatoms. The second-order valence-corrected chi connectivity index (χ2v) is 8.15. The first-order chi connectivity index (χ1) is 14.2. The number of nitrogens with zero attached hydrogens (tertiary/aromatic N) is 1. The molecule has 0 saturated carbocycles. The molecule has 0 spiro atoms. The number of hydrogen-bond acceptors (Lipinski definition) is 5. The number of esters is 1. The van der Waals surface area contributed by atoms with Crippen LogP contribution in [0.15, 0.2) is 42.5 Å². The molecule has 0 N–H and O–H groups in total. The van der Waals surface area contributed by atoms with Crippen molar-refractivity contribution in [3.63, 3.8) is 0 Å².